The van der Waals surface area contributed by atoms with Crippen molar-refractivity contribution in [1.29, 1.82) is 0 Å². The van der Waals surface area contributed by atoms with Gasteiger partial charge in [0.2, 0.25) is 0 Å². The monoisotopic (exact) mass is 328 g/mol. The number of hydrogen-bond donors (Lipinski definition) is 1. The maximum absolute atomic E-state index is 11.8. The lowest BCUT2D eigenvalue weighted by Gasteiger charge is -1.96. The third-order valence-corrected chi connectivity index (χ3v) is 3.50. The number of nitrogens with one attached hydrogen (secondary N) is 1. The molecule has 0 spiro atoms. The molecular formula is C15H9ClN4O3. The molecule has 1 N–H and O–H groups in total. The second-order valence-electron chi connectivity index (χ2n) is 4.66. The molecular weight excluding hydrogens is 320 g/mol. The van der Waals surface area contributed by atoms with Crippen molar-refractivity contribution in [2.24, 2.45) is 10.2 Å². The molecule has 0 fully saturated rings. The quantitative estimate of drug-likeness (QED) is 0.532. The summed E-state index contributed by atoms with van der Waals surface area (Å²) in [4.78, 5) is 22.1. The number of carbonyl (C=O) groups excluding carboxylic acids is 1. The third-order valence-electron chi connectivity index (χ3n) is 3.18. The molecule has 23 heavy (non-hydrogen) atoms. The molecule has 1 heterocycles. The number of nitro benzene ring substituents is 1. The van der Waals surface area contributed by atoms with Gasteiger partial charge in [0.15, 0.2) is 5.71 Å². The van der Waals surface area contributed by atoms with Gasteiger partial charge in [-0.2, -0.15) is 5.10 Å². The minimum Gasteiger partial charge on any atom is -0.320 e. The zero-order valence-corrected chi connectivity index (χ0v) is 12.3. The van der Waals surface area contributed by atoms with Crippen LogP contribution in [0.2, 0.25) is 5.02 Å². The topological polar surface area (TPSA) is 97.0 Å². The summed E-state index contributed by atoms with van der Waals surface area (Å²) in [6, 6.07) is 11.4. The zero-order valence-electron chi connectivity index (χ0n) is 11.6. The molecule has 0 saturated heterocycles. The van der Waals surface area contributed by atoms with E-state index in [2.05, 4.69) is 15.5 Å². The Balaban J connectivity index is 1.88. The van der Waals surface area contributed by atoms with E-state index in [1.54, 1.807) is 30.3 Å². The van der Waals surface area contributed by atoms with Crippen LogP contribution in [0.25, 0.3) is 0 Å². The van der Waals surface area contributed by atoms with Crippen LogP contribution in [0.4, 0.5) is 11.4 Å². The van der Waals surface area contributed by atoms with Gasteiger partial charge in [-0.3, -0.25) is 14.9 Å². The van der Waals surface area contributed by atoms with E-state index in [0.717, 1.165) is 0 Å². The van der Waals surface area contributed by atoms with Crippen molar-refractivity contribution in [3.63, 3.8) is 0 Å². The maximum atomic E-state index is 11.8. The van der Waals surface area contributed by atoms with Gasteiger partial charge in [0, 0.05) is 17.2 Å². The van der Waals surface area contributed by atoms with Gasteiger partial charge in [-0.15, -0.1) is 5.10 Å². The molecule has 0 radical (unpaired) electrons. The van der Waals surface area contributed by atoms with E-state index in [1.807, 2.05) is 0 Å². The number of para-hydroxylation sites is 1. The van der Waals surface area contributed by atoms with Crippen LogP contribution >= 0.6 is 11.6 Å². The van der Waals surface area contributed by atoms with Gasteiger partial charge in [-0.05, 0) is 12.1 Å². The molecule has 1 amide bonds. The number of nitrogens with zero attached hydrogens (tertiary/aromatic N) is 3. The fourth-order valence-electron chi connectivity index (χ4n) is 2.10. The second-order valence-corrected chi connectivity index (χ2v) is 5.07. The summed E-state index contributed by atoms with van der Waals surface area (Å²) in [7, 11) is 0. The number of amides is 1. The lowest BCUT2D eigenvalue weighted by molar-refractivity contribution is -0.384. The van der Waals surface area contributed by atoms with Crippen LogP contribution in [-0.2, 0) is 4.79 Å². The number of rotatable bonds is 3. The van der Waals surface area contributed by atoms with E-state index in [-0.39, 0.29) is 22.3 Å². The minimum absolute atomic E-state index is 0.0440. The Hall–Kier alpha value is -3.06. The highest BCUT2D eigenvalue weighted by Gasteiger charge is 2.25. The zero-order chi connectivity index (χ0) is 16.4. The van der Waals surface area contributed by atoms with E-state index < -0.39 is 4.92 Å². The van der Waals surface area contributed by atoms with Crippen LogP contribution in [0.15, 0.2) is 52.7 Å². The summed E-state index contributed by atoms with van der Waals surface area (Å²) in [5.41, 5.74) is 1.77. The fourth-order valence-corrected chi connectivity index (χ4v) is 2.29. The Morgan fingerprint density at radius 1 is 1.22 bits per heavy atom. The van der Waals surface area contributed by atoms with Crippen molar-refractivity contribution < 1.29 is 9.72 Å². The van der Waals surface area contributed by atoms with Crippen molar-refractivity contribution in [2.75, 3.05) is 5.32 Å². The summed E-state index contributed by atoms with van der Waals surface area (Å²) in [5.74, 6) is -0.342. The molecule has 7 nitrogen and oxygen atoms in total. The Labute approximate surface area is 135 Å². The number of halogens is 1. The predicted octanol–water partition coefficient (Wildman–Crippen LogP) is 3.02. The Bertz CT molecular complexity index is 877. The van der Waals surface area contributed by atoms with E-state index in [4.69, 9.17) is 11.6 Å². The molecule has 0 unspecified atom stereocenters. The normalized spacial score (nSPS) is 15.0. The fraction of sp³-hybridized carbons (Fsp3) is 0. The highest BCUT2D eigenvalue weighted by Crippen LogP contribution is 2.25. The second kappa shape index (κ2) is 5.98. The third kappa shape index (κ3) is 2.95. The lowest BCUT2D eigenvalue weighted by Crippen LogP contribution is -2.13. The number of fused-ring (bicyclic) bond motifs is 1. The molecule has 1 aliphatic rings. The molecule has 3 rings (SSSR count). The molecule has 1 aliphatic heterocycles. The van der Waals surface area contributed by atoms with Crippen molar-refractivity contribution in [2.45, 2.75) is 0 Å². The number of anilines is 1. The number of carbonyl (C=O) groups is 1. The first-order valence-corrected chi connectivity index (χ1v) is 6.90. The number of nitro groups is 1. The highest BCUT2D eigenvalue weighted by molar-refractivity contribution is 6.53. The van der Waals surface area contributed by atoms with Crippen LogP contribution in [-0.4, -0.2) is 22.8 Å². The smallest absolute Gasteiger partial charge is 0.288 e. The molecule has 0 atom stereocenters. The molecule has 2 aromatic rings. The maximum Gasteiger partial charge on any atom is 0.288 e. The van der Waals surface area contributed by atoms with Crippen molar-refractivity contribution in [3.05, 3.63) is 68.7 Å². The number of hydrogen-bond acceptors (Lipinski definition) is 5. The molecule has 0 bridgehead atoms. The van der Waals surface area contributed by atoms with Crippen LogP contribution in [0, 0.1) is 10.1 Å². The van der Waals surface area contributed by atoms with Gasteiger partial charge in [-0.25, -0.2) is 0 Å². The summed E-state index contributed by atoms with van der Waals surface area (Å²) < 4.78 is 0. The average Bonchev–Trinajstić information content (AvgIpc) is 2.84. The largest absolute Gasteiger partial charge is 0.320 e. The van der Waals surface area contributed by atoms with Crippen molar-refractivity contribution >= 4 is 40.8 Å². The number of benzene rings is 2. The van der Waals surface area contributed by atoms with Gasteiger partial charge in [0.1, 0.15) is 5.02 Å². The van der Waals surface area contributed by atoms with Crippen LogP contribution in [0.3, 0.4) is 0 Å². The minimum atomic E-state index is -0.577. The summed E-state index contributed by atoms with van der Waals surface area (Å²) in [6.45, 7) is 0. The summed E-state index contributed by atoms with van der Waals surface area (Å²) in [6.07, 6.45) is 1.32. The first kappa shape index (κ1) is 14.9. The summed E-state index contributed by atoms with van der Waals surface area (Å²) >= 11 is 5.74. The van der Waals surface area contributed by atoms with Crippen LogP contribution < -0.4 is 5.32 Å². The Morgan fingerprint density at radius 3 is 2.78 bits per heavy atom. The van der Waals surface area contributed by atoms with E-state index in [1.165, 1.54) is 18.3 Å². The SMILES string of the molecule is O=C1Nc2ccccc2/C1=N\N=C\c1ccc(Cl)c([N+](=O)[O-])c1. The van der Waals surface area contributed by atoms with Gasteiger partial charge in [0.05, 0.1) is 16.8 Å². The van der Waals surface area contributed by atoms with Gasteiger partial charge < -0.3 is 5.32 Å². The Kier molecular flexibility index (Phi) is 3.86. The van der Waals surface area contributed by atoms with Crippen LogP contribution in [0.5, 0.6) is 0 Å². The molecule has 0 aromatic heterocycles. The summed E-state index contributed by atoms with van der Waals surface area (Å²) in [5, 5.41) is 21.3. The lowest BCUT2D eigenvalue weighted by atomic mass is 10.1. The van der Waals surface area contributed by atoms with Crippen molar-refractivity contribution in [1.82, 2.24) is 0 Å². The van der Waals surface area contributed by atoms with Crippen LogP contribution in [0.1, 0.15) is 11.1 Å². The van der Waals surface area contributed by atoms with Gasteiger partial charge in [0.25, 0.3) is 11.6 Å². The van der Waals surface area contributed by atoms with E-state index in [9.17, 15) is 14.9 Å². The Morgan fingerprint density at radius 2 is 2.00 bits per heavy atom. The molecule has 0 aliphatic carbocycles. The molecule has 0 saturated carbocycles. The predicted molar refractivity (Wildman–Crippen MR) is 87.3 cm³/mol. The average molecular weight is 329 g/mol. The molecule has 8 heteroatoms. The van der Waals surface area contributed by atoms with E-state index in [0.29, 0.717) is 16.8 Å². The standard InChI is InChI=1S/C15H9ClN4O3/c16-11-6-5-9(7-13(11)20(22)23)8-17-19-14-10-3-1-2-4-12(10)18-15(14)21/h1-8H,(H,18,19,21)/b17-8+. The first-order valence-electron chi connectivity index (χ1n) is 6.52. The van der Waals surface area contributed by atoms with Crippen molar-refractivity contribution in [3.8, 4) is 0 Å². The highest BCUT2D eigenvalue weighted by atomic mass is 35.5. The molecule has 114 valence electrons. The van der Waals surface area contributed by atoms with Gasteiger partial charge >= 0.3 is 0 Å². The molecule has 2 aromatic carbocycles. The first-order chi connectivity index (χ1) is 11.1. The van der Waals surface area contributed by atoms with Gasteiger partial charge in [-0.1, -0.05) is 35.9 Å². The van der Waals surface area contributed by atoms with E-state index >= 15 is 0 Å².